The molecule has 0 aliphatic heterocycles. The predicted molar refractivity (Wildman–Crippen MR) is 169 cm³/mol. The summed E-state index contributed by atoms with van der Waals surface area (Å²) in [7, 11) is 0. The van der Waals surface area contributed by atoms with Crippen LogP contribution in [0.3, 0.4) is 0 Å². The second-order valence-corrected chi connectivity index (χ2v) is 13.5. The van der Waals surface area contributed by atoms with Crippen molar-refractivity contribution in [2.45, 2.75) is 94.0 Å². The normalized spacial score (nSPS) is 34.6. The SMILES string of the molecule is CC#CC1C2(C)CC(CC)C(CC)C(C)(C(O)OCC)C(C(=O)OC(c3ccccc3)c3ccccc3)(C(C)C)C12C. The van der Waals surface area contributed by atoms with Crippen molar-refractivity contribution in [3.05, 3.63) is 71.8 Å². The fourth-order valence-electron chi connectivity index (χ4n) is 9.93. The van der Waals surface area contributed by atoms with Crippen LogP contribution in [0.15, 0.2) is 60.7 Å². The quantitative estimate of drug-likeness (QED) is 0.176. The van der Waals surface area contributed by atoms with Gasteiger partial charge in [0, 0.05) is 23.4 Å². The van der Waals surface area contributed by atoms with E-state index in [0.717, 1.165) is 30.4 Å². The van der Waals surface area contributed by atoms with E-state index in [9.17, 15) is 5.11 Å². The van der Waals surface area contributed by atoms with E-state index in [1.54, 1.807) is 0 Å². The number of aliphatic hydroxyl groups is 1. The largest absolute Gasteiger partial charge is 0.452 e. The van der Waals surface area contributed by atoms with Crippen LogP contribution in [0.25, 0.3) is 0 Å². The van der Waals surface area contributed by atoms with Gasteiger partial charge in [0.1, 0.15) is 0 Å². The minimum Gasteiger partial charge on any atom is -0.452 e. The lowest BCUT2D eigenvalue weighted by atomic mass is 9.45. The van der Waals surface area contributed by atoms with Crippen LogP contribution in [-0.4, -0.2) is 24.0 Å². The van der Waals surface area contributed by atoms with Crippen molar-refractivity contribution >= 4 is 5.97 Å². The molecule has 2 aliphatic carbocycles. The Bertz CT molecular complexity index is 1240. The average Bonchev–Trinajstić information content (AvgIpc) is 3.46. The van der Waals surface area contributed by atoms with Crippen molar-refractivity contribution in [1.29, 1.82) is 0 Å². The molecule has 2 aromatic rings. The van der Waals surface area contributed by atoms with Crippen LogP contribution in [-0.2, 0) is 14.3 Å². The zero-order valence-corrected chi connectivity index (χ0v) is 27.2. The van der Waals surface area contributed by atoms with E-state index in [-0.39, 0.29) is 29.1 Å². The van der Waals surface area contributed by atoms with E-state index in [0.29, 0.717) is 12.5 Å². The Labute approximate surface area is 254 Å². The molecule has 0 radical (unpaired) electrons. The van der Waals surface area contributed by atoms with Gasteiger partial charge < -0.3 is 14.6 Å². The van der Waals surface area contributed by atoms with Crippen molar-refractivity contribution in [2.24, 2.45) is 45.3 Å². The van der Waals surface area contributed by atoms with Crippen molar-refractivity contribution < 1.29 is 19.4 Å². The molecule has 4 heteroatoms. The van der Waals surface area contributed by atoms with Crippen LogP contribution in [0.1, 0.15) is 98.8 Å². The number of hydrogen-bond acceptors (Lipinski definition) is 4. The van der Waals surface area contributed by atoms with E-state index in [4.69, 9.17) is 9.47 Å². The molecule has 0 amide bonds. The Morgan fingerprint density at radius 1 is 0.952 bits per heavy atom. The van der Waals surface area contributed by atoms with Crippen LogP contribution in [0.2, 0.25) is 0 Å². The van der Waals surface area contributed by atoms with Gasteiger partial charge in [-0.05, 0) is 54.6 Å². The van der Waals surface area contributed by atoms with Gasteiger partial charge in [-0.25, -0.2) is 0 Å². The van der Waals surface area contributed by atoms with Gasteiger partial charge in [0.2, 0.25) is 0 Å². The highest BCUT2D eigenvalue weighted by atomic mass is 16.6. The van der Waals surface area contributed by atoms with Crippen LogP contribution in [0.5, 0.6) is 0 Å². The van der Waals surface area contributed by atoms with Crippen LogP contribution in [0.4, 0.5) is 0 Å². The number of ether oxygens (including phenoxy) is 2. The second kappa shape index (κ2) is 12.2. The highest BCUT2D eigenvalue weighted by Gasteiger charge is 2.87. The first kappa shape index (κ1) is 32.3. The van der Waals surface area contributed by atoms with Crippen molar-refractivity contribution in [3.63, 3.8) is 0 Å². The molecule has 4 nitrogen and oxygen atoms in total. The summed E-state index contributed by atoms with van der Waals surface area (Å²) < 4.78 is 13.0. The topological polar surface area (TPSA) is 55.8 Å². The molecule has 8 unspecified atom stereocenters. The zero-order valence-electron chi connectivity index (χ0n) is 27.2. The molecule has 0 bridgehead atoms. The van der Waals surface area contributed by atoms with Crippen LogP contribution in [0, 0.1) is 57.2 Å². The Morgan fingerprint density at radius 3 is 1.93 bits per heavy atom. The van der Waals surface area contributed by atoms with Crippen LogP contribution >= 0.6 is 0 Å². The molecule has 0 saturated heterocycles. The molecule has 1 N–H and O–H groups in total. The molecule has 2 aliphatic rings. The molecule has 8 atom stereocenters. The number of hydrogen-bond donors (Lipinski definition) is 1. The van der Waals surface area contributed by atoms with Gasteiger partial charge >= 0.3 is 5.97 Å². The van der Waals surface area contributed by atoms with E-state index in [1.165, 1.54) is 0 Å². The smallest absolute Gasteiger partial charge is 0.314 e. The van der Waals surface area contributed by atoms with E-state index >= 15 is 4.79 Å². The molecule has 0 aromatic heterocycles. The predicted octanol–water partition coefficient (Wildman–Crippen LogP) is 8.44. The maximum absolute atomic E-state index is 15.5. The lowest BCUT2D eigenvalue weighted by Crippen LogP contribution is -2.64. The van der Waals surface area contributed by atoms with E-state index < -0.39 is 28.6 Å². The Hall–Kier alpha value is -2.61. The van der Waals surface area contributed by atoms with Gasteiger partial charge in [-0.2, -0.15) is 0 Å². The minimum absolute atomic E-state index is 0.00291. The summed E-state index contributed by atoms with van der Waals surface area (Å²) >= 11 is 0. The summed E-state index contributed by atoms with van der Waals surface area (Å²) in [5.41, 5.74) is -0.946. The Balaban J connectivity index is 2.04. The number of carbonyl (C=O) groups is 1. The minimum atomic E-state index is -1.14. The highest BCUT2D eigenvalue weighted by Crippen LogP contribution is 2.86. The van der Waals surface area contributed by atoms with Gasteiger partial charge in [0.25, 0.3) is 0 Å². The molecule has 0 heterocycles. The average molecular weight is 573 g/mol. The first-order valence-corrected chi connectivity index (χ1v) is 16.0. The van der Waals surface area contributed by atoms with Gasteiger partial charge in [-0.15, -0.1) is 5.92 Å². The first-order chi connectivity index (χ1) is 20.0. The van der Waals surface area contributed by atoms with E-state index in [2.05, 4.69) is 60.3 Å². The zero-order chi connectivity index (χ0) is 30.9. The fourth-order valence-corrected chi connectivity index (χ4v) is 9.93. The molecular weight excluding hydrogens is 520 g/mol. The molecular formula is C38H52O4. The van der Waals surface area contributed by atoms with Gasteiger partial charge in [-0.1, -0.05) is 128 Å². The molecule has 2 fully saturated rings. The number of fused-ring (bicyclic) bond motifs is 1. The number of esters is 1. The van der Waals surface area contributed by atoms with Crippen LogP contribution < -0.4 is 0 Å². The third-order valence-electron chi connectivity index (χ3n) is 11.7. The van der Waals surface area contributed by atoms with E-state index in [1.807, 2.05) is 74.5 Å². The van der Waals surface area contributed by atoms with Crippen molar-refractivity contribution in [3.8, 4) is 11.8 Å². The lowest BCUT2D eigenvalue weighted by Gasteiger charge is -2.58. The number of aliphatic hydroxyl groups excluding tert-OH is 1. The van der Waals surface area contributed by atoms with Gasteiger partial charge in [-0.3, -0.25) is 4.79 Å². The van der Waals surface area contributed by atoms with Gasteiger partial charge in [0.05, 0.1) is 5.41 Å². The standard InChI is InChI=1S/C38H52O4/c1-10-20-31-35(7)25-27(11-2)30(12-3)36(8,33(39)41-13-4)38(26(5)6,37(31,35)9)34(40)42-32(28-21-16-14-17-22-28)29-23-18-15-19-24-29/h14-19,21-24,26-27,30-33,39H,11-13,25H2,1-9H3. The number of carbonyl (C=O) groups excluding carboxylic acids is 1. The Morgan fingerprint density at radius 2 is 1.50 bits per heavy atom. The summed E-state index contributed by atoms with van der Waals surface area (Å²) in [5, 5.41) is 12.2. The summed E-state index contributed by atoms with van der Waals surface area (Å²) in [6.45, 7) is 19.6. The summed E-state index contributed by atoms with van der Waals surface area (Å²) in [6.07, 6.45) is 1.02. The maximum atomic E-state index is 15.5. The molecule has 4 rings (SSSR count). The molecule has 228 valence electrons. The number of benzene rings is 2. The van der Waals surface area contributed by atoms with Crippen molar-refractivity contribution in [1.82, 2.24) is 0 Å². The monoisotopic (exact) mass is 572 g/mol. The summed E-state index contributed by atoms with van der Waals surface area (Å²) in [4.78, 5) is 15.5. The first-order valence-electron chi connectivity index (χ1n) is 16.0. The Kier molecular flexibility index (Phi) is 9.37. The molecule has 2 aromatic carbocycles. The fraction of sp³-hybridized carbons (Fsp3) is 0.605. The number of rotatable bonds is 10. The summed E-state index contributed by atoms with van der Waals surface area (Å²) in [6, 6.07) is 20.0. The second-order valence-electron chi connectivity index (χ2n) is 13.5. The molecule has 2 saturated carbocycles. The summed E-state index contributed by atoms with van der Waals surface area (Å²) in [5.74, 6) is 6.69. The highest BCUT2D eigenvalue weighted by molar-refractivity contribution is 5.82. The third-order valence-corrected chi connectivity index (χ3v) is 11.7. The van der Waals surface area contributed by atoms with Gasteiger partial charge in [0.15, 0.2) is 12.4 Å². The lowest BCUT2D eigenvalue weighted by molar-refractivity contribution is -0.265. The van der Waals surface area contributed by atoms with Crippen molar-refractivity contribution in [2.75, 3.05) is 6.61 Å². The maximum Gasteiger partial charge on any atom is 0.314 e. The molecule has 42 heavy (non-hydrogen) atoms. The third kappa shape index (κ3) is 4.46. The molecule has 0 spiro atoms.